The Kier molecular flexibility index (Phi) is 3.82. The van der Waals surface area contributed by atoms with Gasteiger partial charge in [-0.15, -0.1) is 6.58 Å². The summed E-state index contributed by atoms with van der Waals surface area (Å²) in [7, 11) is 0. The maximum atomic E-state index is 10.3. The van der Waals surface area contributed by atoms with Gasteiger partial charge in [0, 0.05) is 13.3 Å². The lowest BCUT2D eigenvalue weighted by Crippen LogP contribution is -2.23. The summed E-state index contributed by atoms with van der Waals surface area (Å²) < 4.78 is 4.63. The Hall–Kier alpha value is -0.830. The fourth-order valence-corrected chi connectivity index (χ4v) is 0.503. The number of rotatable bonds is 4. The molecule has 0 fully saturated rings. The van der Waals surface area contributed by atoms with Crippen LogP contribution in [0, 0.1) is 0 Å². The standard InChI is InChI=1S/C8H14O3/c1-4-8(3,10)5-6-11-7(2)9/h4,10H,1,5-6H2,2-3H3. The average molecular weight is 158 g/mol. The molecule has 64 valence electrons. The van der Waals surface area contributed by atoms with Crippen molar-refractivity contribution in [2.45, 2.75) is 25.9 Å². The Labute approximate surface area is 66.7 Å². The van der Waals surface area contributed by atoms with Crippen molar-refractivity contribution in [2.24, 2.45) is 0 Å². The van der Waals surface area contributed by atoms with E-state index in [4.69, 9.17) is 0 Å². The van der Waals surface area contributed by atoms with Gasteiger partial charge in [-0.2, -0.15) is 0 Å². The highest BCUT2D eigenvalue weighted by molar-refractivity contribution is 5.65. The van der Waals surface area contributed by atoms with Gasteiger partial charge >= 0.3 is 5.97 Å². The van der Waals surface area contributed by atoms with E-state index in [2.05, 4.69) is 11.3 Å². The van der Waals surface area contributed by atoms with Crippen LogP contribution in [0.1, 0.15) is 20.3 Å². The van der Waals surface area contributed by atoms with Crippen LogP contribution in [0.15, 0.2) is 12.7 Å². The zero-order valence-electron chi connectivity index (χ0n) is 6.96. The molecule has 0 aliphatic carbocycles. The van der Waals surface area contributed by atoms with Crippen LogP contribution >= 0.6 is 0 Å². The lowest BCUT2D eigenvalue weighted by atomic mass is 10.0. The van der Waals surface area contributed by atoms with Gasteiger partial charge in [0.15, 0.2) is 0 Å². The summed E-state index contributed by atoms with van der Waals surface area (Å²) >= 11 is 0. The normalized spacial score (nSPS) is 15.2. The molecule has 0 aromatic rings. The van der Waals surface area contributed by atoms with Crippen molar-refractivity contribution in [1.82, 2.24) is 0 Å². The van der Waals surface area contributed by atoms with Crippen molar-refractivity contribution >= 4 is 5.97 Å². The summed E-state index contributed by atoms with van der Waals surface area (Å²) in [4.78, 5) is 10.3. The third-order valence-electron chi connectivity index (χ3n) is 1.35. The van der Waals surface area contributed by atoms with E-state index in [0.29, 0.717) is 6.42 Å². The van der Waals surface area contributed by atoms with Crippen LogP contribution < -0.4 is 0 Å². The van der Waals surface area contributed by atoms with E-state index in [1.54, 1.807) is 6.92 Å². The molecule has 0 rings (SSSR count). The topological polar surface area (TPSA) is 46.5 Å². The maximum absolute atomic E-state index is 10.3. The van der Waals surface area contributed by atoms with Crippen LogP contribution in [0.5, 0.6) is 0 Å². The zero-order valence-corrected chi connectivity index (χ0v) is 6.96. The summed E-state index contributed by atoms with van der Waals surface area (Å²) in [6, 6.07) is 0. The van der Waals surface area contributed by atoms with Crippen molar-refractivity contribution in [1.29, 1.82) is 0 Å². The highest BCUT2D eigenvalue weighted by atomic mass is 16.5. The molecule has 0 amide bonds. The number of hydrogen-bond donors (Lipinski definition) is 1. The lowest BCUT2D eigenvalue weighted by molar-refractivity contribution is -0.141. The first kappa shape index (κ1) is 10.2. The summed E-state index contributed by atoms with van der Waals surface area (Å²) in [6.45, 7) is 6.62. The molecule has 0 aromatic heterocycles. The molecule has 3 heteroatoms. The summed E-state index contributed by atoms with van der Waals surface area (Å²) in [5.41, 5.74) is -0.935. The SMILES string of the molecule is C=CC(C)(O)CCOC(C)=O. The molecule has 11 heavy (non-hydrogen) atoms. The first-order valence-electron chi connectivity index (χ1n) is 3.47. The van der Waals surface area contributed by atoms with Crippen molar-refractivity contribution < 1.29 is 14.6 Å². The van der Waals surface area contributed by atoms with Crippen LogP contribution in [-0.4, -0.2) is 23.3 Å². The molecular weight excluding hydrogens is 144 g/mol. The van der Waals surface area contributed by atoms with Gasteiger partial charge in [0.2, 0.25) is 0 Å². The van der Waals surface area contributed by atoms with Crippen LogP contribution in [0.25, 0.3) is 0 Å². The molecular formula is C8H14O3. The van der Waals surface area contributed by atoms with Crippen molar-refractivity contribution in [3.8, 4) is 0 Å². The minimum atomic E-state index is -0.935. The second-order valence-electron chi connectivity index (χ2n) is 2.65. The van der Waals surface area contributed by atoms with Crippen LogP contribution in [0.3, 0.4) is 0 Å². The molecule has 0 aliphatic rings. The number of aliphatic hydroxyl groups is 1. The number of hydrogen-bond acceptors (Lipinski definition) is 3. The van der Waals surface area contributed by atoms with Gasteiger partial charge in [-0.25, -0.2) is 0 Å². The molecule has 3 nitrogen and oxygen atoms in total. The molecule has 0 bridgehead atoms. The quantitative estimate of drug-likeness (QED) is 0.488. The van der Waals surface area contributed by atoms with Gasteiger partial charge in [-0.1, -0.05) is 6.08 Å². The highest BCUT2D eigenvalue weighted by Crippen LogP contribution is 2.09. The zero-order chi connectivity index (χ0) is 8.91. The van der Waals surface area contributed by atoms with Gasteiger partial charge < -0.3 is 9.84 Å². The van der Waals surface area contributed by atoms with E-state index in [1.165, 1.54) is 13.0 Å². The molecule has 0 aromatic carbocycles. The summed E-state index contributed by atoms with van der Waals surface area (Å²) in [5.74, 6) is -0.329. The van der Waals surface area contributed by atoms with Gasteiger partial charge in [0.1, 0.15) is 0 Å². The average Bonchev–Trinajstić information content (AvgIpc) is 1.87. The monoisotopic (exact) mass is 158 g/mol. The lowest BCUT2D eigenvalue weighted by Gasteiger charge is -2.17. The van der Waals surface area contributed by atoms with Crippen LogP contribution in [0.4, 0.5) is 0 Å². The van der Waals surface area contributed by atoms with E-state index in [0.717, 1.165) is 0 Å². The second-order valence-corrected chi connectivity index (χ2v) is 2.65. The van der Waals surface area contributed by atoms with Crippen LogP contribution in [0.2, 0.25) is 0 Å². The molecule has 0 aliphatic heterocycles. The smallest absolute Gasteiger partial charge is 0.302 e. The molecule has 1 atom stereocenters. The Morgan fingerprint density at radius 1 is 1.82 bits per heavy atom. The van der Waals surface area contributed by atoms with Gasteiger partial charge in [-0.05, 0) is 6.92 Å². The van der Waals surface area contributed by atoms with E-state index >= 15 is 0 Å². The van der Waals surface area contributed by atoms with E-state index < -0.39 is 5.60 Å². The number of esters is 1. The van der Waals surface area contributed by atoms with Gasteiger partial charge in [0.25, 0.3) is 0 Å². The largest absolute Gasteiger partial charge is 0.466 e. The number of carbonyl (C=O) groups is 1. The Morgan fingerprint density at radius 2 is 2.36 bits per heavy atom. The molecule has 0 heterocycles. The summed E-state index contributed by atoms with van der Waals surface area (Å²) in [5, 5.41) is 9.33. The third kappa shape index (κ3) is 5.61. The maximum Gasteiger partial charge on any atom is 0.302 e. The fourth-order valence-electron chi connectivity index (χ4n) is 0.503. The third-order valence-corrected chi connectivity index (χ3v) is 1.35. The molecule has 0 saturated heterocycles. The molecule has 0 spiro atoms. The number of carbonyl (C=O) groups excluding carboxylic acids is 1. The summed E-state index contributed by atoms with van der Waals surface area (Å²) in [6.07, 6.45) is 1.81. The Bertz CT molecular complexity index is 149. The predicted molar refractivity (Wildman–Crippen MR) is 42.1 cm³/mol. The van der Waals surface area contributed by atoms with E-state index in [9.17, 15) is 9.90 Å². The van der Waals surface area contributed by atoms with Crippen molar-refractivity contribution in [3.05, 3.63) is 12.7 Å². The van der Waals surface area contributed by atoms with Gasteiger partial charge in [0.05, 0.1) is 12.2 Å². The van der Waals surface area contributed by atoms with E-state index in [-0.39, 0.29) is 12.6 Å². The van der Waals surface area contributed by atoms with Crippen molar-refractivity contribution in [3.63, 3.8) is 0 Å². The first-order chi connectivity index (χ1) is 4.98. The molecule has 1 N–H and O–H groups in total. The van der Waals surface area contributed by atoms with E-state index in [1.807, 2.05) is 0 Å². The van der Waals surface area contributed by atoms with Gasteiger partial charge in [-0.3, -0.25) is 4.79 Å². The first-order valence-corrected chi connectivity index (χ1v) is 3.47. The predicted octanol–water partition coefficient (Wildman–Crippen LogP) is 0.877. The fraction of sp³-hybridized carbons (Fsp3) is 0.625. The highest BCUT2D eigenvalue weighted by Gasteiger charge is 2.14. The number of ether oxygens (including phenoxy) is 1. The molecule has 0 radical (unpaired) electrons. The Balaban J connectivity index is 3.53. The molecule has 1 unspecified atom stereocenters. The van der Waals surface area contributed by atoms with Crippen molar-refractivity contribution in [2.75, 3.05) is 6.61 Å². The second kappa shape index (κ2) is 4.13. The van der Waals surface area contributed by atoms with Crippen LogP contribution in [-0.2, 0) is 9.53 Å². The minimum absolute atomic E-state index is 0.231. The Morgan fingerprint density at radius 3 is 2.73 bits per heavy atom. The minimum Gasteiger partial charge on any atom is -0.466 e. The molecule has 0 saturated carbocycles.